The quantitative estimate of drug-likeness (QED) is 0.905. The molecule has 1 N–H and O–H groups in total. The maximum atomic E-state index is 13.6. The van der Waals surface area contributed by atoms with Crippen LogP contribution in [0.3, 0.4) is 0 Å². The van der Waals surface area contributed by atoms with Crippen LogP contribution < -0.4 is 0 Å². The predicted molar refractivity (Wildman–Crippen MR) is 72.2 cm³/mol. The normalized spacial score (nSPS) is 15.6. The molecule has 21 heavy (non-hydrogen) atoms. The largest absolute Gasteiger partial charge is 0.478 e. The second-order valence-electron chi connectivity index (χ2n) is 6.15. The Morgan fingerprint density at radius 2 is 1.62 bits per heavy atom. The van der Waals surface area contributed by atoms with Crippen LogP contribution in [0.4, 0.5) is 13.2 Å². The summed E-state index contributed by atoms with van der Waals surface area (Å²) in [4.78, 5) is 10.8. The predicted octanol–water partition coefficient (Wildman–Crippen LogP) is 4.23. The van der Waals surface area contributed by atoms with E-state index < -0.39 is 23.2 Å². The van der Waals surface area contributed by atoms with Gasteiger partial charge in [-0.1, -0.05) is 32.9 Å². The zero-order valence-electron chi connectivity index (χ0n) is 12.4. The number of halogens is 3. The average Bonchev–Trinajstić information content (AvgIpc) is 2.33. The molecule has 0 aliphatic rings. The highest BCUT2D eigenvalue weighted by Crippen LogP contribution is 2.48. The highest BCUT2D eigenvalue weighted by molar-refractivity contribution is 5.87. The van der Waals surface area contributed by atoms with E-state index in [1.165, 1.54) is 0 Å². The third-order valence-electron chi connectivity index (χ3n) is 3.18. The monoisotopic (exact) mass is 304 g/mol. The number of alkyl halides is 3. The van der Waals surface area contributed by atoms with E-state index in [0.717, 1.165) is 31.4 Å². The second-order valence-corrected chi connectivity index (χ2v) is 6.15. The zero-order chi connectivity index (χ0) is 16.5. The number of hydrogen-bond donors (Lipinski definition) is 1. The van der Waals surface area contributed by atoms with Crippen molar-refractivity contribution in [3.63, 3.8) is 0 Å². The molecule has 0 amide bonds. The first kappa shape index (κ1) is 17.5. The summed E-state index contributed by atoms with van der Waals surface area (Å²) in [5.74, 6) is -1.19. The lowest BCUT2D eigenvalue weighted by Gasteiger charge is -2.39. The number of benzene rings is 1. The highest BCUT2D eigenvalue weighted by atomic mass is 19.4. The van der Waals surface area contributed by atoms with Gasteiger partial charge in [0.25, 0.3) is 0 Å². The molecule has 1 unspecified atom stereocenters. The smallest absolute Gasteiger partial charge is 0.421 e. The van der Waals surface area contributed by atoms with Gasteiger partial charge in [0, 0.05) is 7.11 Å². The zero-order valence-corrected chi connectivity index (χ0v) is 12.4. The Kier molecular flexibility index (Phi) is 4.73. The van der Waals surface area contributed by atoms with Crippen LogP contribution in [0.5, 0.6) is 0 Å². The maximum Gasteiger partial charge on any atom is 0.421 e. The Bertz CT molecular complexity index is 500. The molecule has 1 atom stereocenters. The molecule has 0 spiro atoms. The molecule has 118 valence electrons. The summed E-state index contributed by atoms with van der Waals surface area (Å²) in [7, 11) is 1.02. The summed E-state index contributed by atoms with van der Waals surface area (Å²) in [6.07, 6.45) is -4.88. The van der Waals surface area contributed by atoms with Gasteiger partial charge >= 0.3 is 12.1 Å². The van der Waals surface area contributed by atoms with Crippen molar-refractivity contribution in [2.45, 2.75) is 39.0 Å². The fraction of sp³-hybridized carbons (Fsp3) is 0.533. The van der Waals surface area contributed by atoms with Crippen LogP contribution in [0.25, 0.3) is 0 Å². The number of ether oxygens (including phenoxy) is 1. The fourth-order valence-electron chi connectivity index (χ4n) is 2.30. The first-order chi connectivity index (χ1) is 9.43. The summed E-state index contributed by atoms with van der Waals surface area (Å²) in [6, 6.07) is 4.62. The molecule has 1 rings (SSSR count). The number of methoxy groups -OCH3 is 1. The van der Waals surface area contributed by atoms with E-state index >= 15 is 0 Å². The molecule has 0 saturated carbocycles. The van der Waals surface area contributed by atoms with Crippen LogP contribution in [-0.4, -0.2) is 24.4 Å². The molecule has 1 aromatic carbocycles. The molecule has 0 aromatic heterocycles. The number of carboxylic acid groups (broad SMARTS) is 1. The van der Waals surface area contributed by atoms with Gasteiger partial charge in [-0.25, -0.2) is 4.79 Å². The summed E-state index contributed by atoms with van der Waals surface area (Å²) >= 11 is 0. The van der Waals surface area contributed by atoms with E-state index in [-0.39, 0.29) is 17.5 Å². The van der Waals surface area contributed by atoms with Crippen LogP contribution in [0, 0.1) is 5.41 Å². The van der Waals surface area contributed by atoms with E-state index in [0.29, 0.717) is 0 Å². The van der Waals surface area contributed by atoms with E-state index in [9.17, 15) is 18.0 Å². The lowest BCUT2D eigenvalue weighted by molar-refractivity contribution is -0.286. The van der Waals surface area contributed by atoms with Crippen molar-refractivity contribution in [1.82, 2.24) is 0 Å². The van der Waals surface area contributed by atoms with Gasteiger partial charge in [0.1, 0.15) is 0 Å². The van der Waals surface area contributed by atoms with Crippen LogP contribution in [0.1, 0.15) is 43.1 Å². The van der Waals surface area contributed by atoms with Crippen molar-refractivity contribution in [2.24, 2.45) is 5.41 Å². The average molecular weight is 304 g/mol. The van der Waals surface area contributed by atoms with Crippen molar-refractivity contribution in [3.05, 3.63) is 35.4 Å². The molecule has 6 heteroatoms. The Labute approximate surface area is 121 Å². The van der Waals surface area contributed by atoms with E-state index in [1.807, 2.05) is 0 Å². The minimum absolute atomic E-state index is 0.0679. The Hall–Kier alpha value is -1.56. The van der Waals surface area contributed by atoms with Crippen molar-refractivity contribution in [1.29, 1.82) is 0 Å². The molecule has 0 radical (unpaired) electrons. The molecular formula is C15H19F3O3. The van der Waals surface area contributed by atoms with Gasteiger partial charge in [-0.3, -0.25) is 0 Å². The van der Waals surface area contributed by atoms with Gasteiger partial charge in [0.05, 0.1) is 5.56 Å². The molecule has 1 aromatic rings. The number of aromatic carboxylic acids is 1. The van der Waals surface area contributed by atoms with Crippen LogP contribution in [-0.2, 0) is 10.3 Å². The molecule has 3 nitrogen and oxygen atoms in total. The molecule has 0 fully saturated rings. The summed E-state index contributed by atoms with van der Waals surface area (Å²) in [5.41, 5.74) is -3.25. The molecule has 0 saturated heterocycles. The summed E-state index contributed by atoms with van der Waals surface area (Å²) in [6.45, 7) is 5.08. The number of rotatable bonds is 4. The van der Waals surface area contributed by atoms with E-state index in [1.54, 1.807) is 20.8 Å². The van der Waals surface area contributed by atoms with Crippen molar-refractivity contribution in [3.8, 4) is 0 Å². The Morgan fingerprint density at radius 1 is 1.14 bits per heavy atom. The molecule has 0 aliphatic carbocycles. The topological polar surface area (TPSA) is 46.5 Å². The van der Waals surface area contributed by atoms with Gasteiger partial charge in [-0.2, -0.15) is 13.2 Å². The third-order valence-corrected chi connectivity index (χ3v) is 3.18. The SMILES string of the molecule is COC(CC(C)(C)C)(c1ccc(C(=O)O)cc1)C(F)(F)F. The van der Waals surface area contributed by atoms with Gasteiger partial charge in [0.2, 0.25) is 0 Å². The molecule has 0 bridgehead atoms. The molecular weight excluding hydrogens is 285 g/mol. The van der Waals surface area contributed by atoms with E-state index in [4.69, 9.17) is 9.84 Å². The minimum atomic E-state index is -4.61. The Morgan fingerprint density at radius 3 is 1.90 bits per heavy atom. The van der Waals surface area contributed by atoms with Crippen molar-refractivity contribution >= 4 is 5.97 Å². The number of carbonyl (C=O) groups is 1. The molecule has 0 aliphatic heterocycles. The fourth-order valence-corrected chi connectivity index (χ4v) is 2.30. The van der Waals surface area contributed by atoms with Gasteiger partial charge in [-0.05, 0) is 29.5 Å². The minimum Gasteiger partial charge on any atom is -0.478 e. The van der Waals surface area contributed by atoms with Crippen molar-refractivity contribution < 1.29 is 27.8 Å². The third kappa shape index (κ3) is 3.75. The van der Waals surface area contributed by atoms with Crippen LogP contribution >= 0.6 is 0 Å². The number of hydrogen-bond acceptors (Lipinski definition) is 2. The highest BCUT2D eigenvalue weighted by Gasteiger charge is 2.58. The standard InChI is InChI=1S/C15H19F3O3/c1-13(2,3)9-14(21-4,15(16,17)18)11-7-5-10(6-8-11)12(19)20/h5-8H,9H2,1-4H3,(H,19,20). The first-order valence-electron chi connectivity index (χ1n) is 6.39. The first-order valence-corrected chi connectivity index (χ1v) is 6.39. The number of carboxylic acids is 1. The van der Waals surface area contributed by atoms with E-state index in [2.05, 4.69) is 0 Å². The van der Waals surface area contributed by atoms with Gasteiger partial charge in [0.15, 0.2) is 5.60 Å². The van der Waals surface area contributed by atoms with Gasteiger partial charge in [-0.15, -0.1) is 0 Å². The van der Waals surface area contributed by atoms with Crippen LogP contribution in [0.2, 0.25) is 0 Å². The lowest BCUT2D eigenvalue weighted by atomic mass is 9.77. The maximum absolute atomic E-state index is 13.6. The second kappa shape index (κ2) is 5.67. The van der Waals surface area contributed by atoms with Crippen LogP contribution in [0.15, 0.2) is 24.3 Å². The molecule has 0 heterocycles. The lowest BCUT2D eigenvalue weighted by Crippen LogP contribution is -2.46. The Balaban J connectivity index is 3.39. The summed E-state index contributed by atoms with van der Waals surface area (Å²) in [5, 5.41) is 8.83. The van der Waals surface area contributed by atoms with Gasteiger partial charge < -0.3 is 9.84 Å². The summed E-state index contributed by atoms with van der Waals surface area (Å²) < 4.78 is 45.7. The van der Waals surface area contributed by atoms with Crippen molar-refractivity contribution in [2.75, 3.05) is 7.11 Å².